The highest BCUT2D eigenvalue weighted by Gasteiger charge is 2.19. The SMILES string of the molecule is [O-][N+]1(CCC=C(c2ccc(F)cc2)c2ccc(F)cc2)CCCCC1. The van der Waals surface area contributed by atoms with Crippen molar-refractivity contribution >= 4 is 5.57 Å². The van der Waals surface area contributed by atoms with E-state index in [0.717, 1.165) is 36.0 Å². The largest absolute Gasteiger partial charge is 0.633 e. The zero-order valence-electron chi connectivity index (χ0n) is 14.3. The molecular weight excluding hydrogens is 320 g/mol. The van der Waals surface area contributed by atoms with E-state index in [-0.39, 0.29) is 16.3 Å². The van der Waals surface area contributed by atoms with Gasteiger partial charge in [-0.1, -0.05) is 30.3 Å². The van der Waals surface area contributed by atoms with Gasteiger partial charge in [-0.05, 0) is 60.2 Å². The molecule has 2 nitrogen and oxygen atoms in total. The Labute approximate surface area is 147 Å². The Hall–Kier alpha value is -2.04. The highest BCUT2D eigenvalue weighted by Crippen LogP contribution is 2.26. The summed E-state index contributed by atoms with van der Waals surface area (Å²) < 4.78 is 26.3. The second kappa shape index (κ2) is 7.89. The number of quaternary nitrogens is 1. The Morgan fingerprint density at radius 2 is 1.32 bits per heavy atom. The summed E-state index contributed by atoms with van der Waals surface area (Å²) in [6, 6.07) is 12.5. The van der Waals surface area contributed by atoms with E-state index < -0.39 is 0 Å². The number of hydroxylamine groups is 3. The molecule has 1 heterocycles. The van der Waals surface area contributed by atoms with Crippen LogP contribution >= 0.6 is 0 Å². The van der Waals surface area contributed by atoms with E-state index in [2.05, 4.69) is 0 Å². The molecule has 0 unspecified atom stereocenters. The van der Waals surface area contributed by atoms with E-state index in [1.54, 1.807) is 24.3 Å². The molecule has 1 saturated heterocycles. The lowest BCUT2D eigenvalue weighted by atomic mass is 9.96. The van der Waals surface area contributed by atoms with Crippen LogP contribution in [0.15, 0.2) is 54.6 Å². The van der Waals surface area contributed by atoms with Gasteiger partial charge in [-0.2, -0.15) is 0 Å². The fourth-order valence-corrected chi connectivity index (χ4v) is 3.42. The normalized spacial score (nSPS) is 16.4. The van der Waals surface area contributed by atoms with E-state index >= 15 is 0 Å². The molecule has 0 aromatic heterocycles. The molecule has 2 aromatic carbocycles. The molecule has 3 rings (SSSR count). The van der Waals surface area contributed by atoms with E-state index in [1.165, 1.54) is 24.3 Å². The third-order valence-electron chi connectivity index (χ3n) is 4.83. The fourth-order valence-electron chi connectivity index (χ4n) is 3.42. The smallest absolute Gasteiger partial charge is 0.123 e. The number of nitrogens with zero attached hydrogens (tertiary/aromatic N) is 1. The van der Waals surface area contributed by atoms with Crippen LogP contribution in [0.3, 0.4) is 0 Å². The minimum Gasteiger partial charge on any atom is -0.633 e. The summed E-state index contributed by atoms with van der Waals surface area (Å²) >= 11 is 0. The first-order valence-electron chi connectivity index (χ1n) is 8.85. The highest BCUT2D eigenvalue weighted by atomic mass is 19.1. The molecule has 2 aromatic rings. The molecular formula is C21H23F2NO. The molecule has 1 aliphatic rings. The maximum Gasteiger partial charge on any atom is 0.123 e. The standard InChI is InChI=1S/C21H23F2NO/c22-19-10-6-17(7-11-19)21(18-8-12-20(23)13-9-18)5-4-16-24(25)14-2-1-3-15-24/h5-13H,1-4,14-16H2. The molecule has 1 fully saturated rings. The van der Waals surface area contributed by atoms with Gasteiger partial charge in [-0.3, -0.25) is 0 Å². The molecule has 0 amide bonds. The topological polar surface area (TPSA) is 23.1 Å². The van der Waals surface area contributed by atoms with Crippen LogP contribution in [0.2, 0.25) is 0 Å². The lowest BCUT2D eigenvalue weighted by molar-refractivity contribution is -0.885. The predicted octanol–water partition coefficient (Wildman–Crippen LogP) is 5.29. The van der Waals surface area contributed by atoms with Crippen molar-refractivity contribution in [3.8, 4) is 0 Å². The molecule has 4 heteroatoms. The van der Waals surface area contributed by atoms with Crippen LogP contribution in [0, 0.1) is 16.8 Å². The lowest BCUT2D eigenvalue weighted by Gasteiger charge is -2.45. The van der Waals surface area contributed by atoms with Crippen molar-refractivity contribution in [2.45, 2.75) is 25.7 Å². The number of hydrogen-bond donors (Lipinski definition) is 0. The first-order valence-corrected chi connectivity index (χ1v) is 8.85. The average Bonchev–Trinajstić information content (AvgIpc) is 2.61. The Kier molecular flexibility index (Phi) is 5.61. The minimum absolute atomic E-state index is 0.128. The number of likely N-dealkylation sites (tertiary alicyclic amines) is 1. The van der Waals surface area contributed by atoms with Crippen molar-refractivity contribution in [2.24, 2.45) is 0 Å². The first-order chi connectivity index (χ1) is 12.1. The van der Waals surface area contributed by atoms with Gasteiger partial charge >= 0.3 is 0 Å². The van der Waals surface area contributed by atoms with Crippen molar-refractivity contribution in [1.82, 2.24) is 0 Å². The molecule has 0 saturated carbocycles. The summed E-state index contributed by atoms with van der Waals surface area (Å²) in [7, 11) is 0. The van der Waals surface area contributed by atoms with Gasteiger partial charge in [-0.25, -0.2) is 8.78 Å². The van der Waals surface area contributed by atoms with E-state index in [1.807, 2.05) is 6.08 Å². The third-order valence-corrected chi connectivity index (χ3v) is 4.83. The fraction of sp³-hybridized carbons (Fsp3) is 0.333. The van der Waals surface area contributed by atoms with E-state index in [0.29, 0.717) is 26.1 Å². The lowest BCUT2D eigenvalue weighted by Crippen LogP contribution is -2.46. The van der Waals surface area contributed by atoms with Crippen molar-refractivity contribution in [3.63, 3.8) is 0 Å². The maximum absolute atomic E-state index is 13.2. The minimum atomic E-state index is -0.292. The first kappa shape index (κ1) is 17.8. The van der Waals surface area contributed by atoms with Crippen molar-refractivity contribution < 1.29 is 13.4 Å². The van der Waals surface area contributed by atoms with E-state index in [9.17, 15) is 14.0 Å². The van der Waals surface area contributed by atoms with Gasteiger partial charge in [0, 0.05) is 6.42 Å². The van der Waals surface area contributed by atoms with Gasteiger partial charge < -0.3 is 9.85 Å². The molecule has 0 bridgehead atoms. The van der Waals surface area contributed by atoms with Crippen LogP contribution in [0.25, 0.3) is 5.57 Å². The van der Waals surface area contributed by atoms with Gasteiger partial charge in [0.1, 0.15) is 11.6 Å². The Morgan fingerprint density at radius 3 is 1.80 bits per heavy atom. The zero-order valence-corrected chi connectivity index (χ0v) is 14.3. The van der Waals surface area contributed by atoms with Crippen LogP contribution in [-0.4, -0.2) is 24.3 Å². The predicted molar refractivity (Wildman–Crippen MR) is 96.6 cm³/mol. The Bertz CT molecular complexity index is 669. The number of piperidine rings is 1. The van der Waals surface area contributed by atoms with Gasteiger partial charge in [0.05, 0.1) is 19.6 Å². The number of benzene rings is 2. The summed E-state index contributed by atoms with van der Waals surface area (Å²) in [5.74, 6) is -0.584. The molecule has 25 heavy (non-hydrogen) atoms. The zero-order chi connectivity index (χ0) is 17.7. The highest BCUT2D eigenvalue weighted by molar-refractivity contribution is 5.79. The molecule has 0 atom stereocenters. The molecule has 132 valence electrons. The van der Waals surface area contributed by atoms with Crippen molar-refractivity contribution in [2.75, 3.05) is 19.6 Å². The van der Waals surface area contributed by atoms with Gasteiger partial charge in [0.15, 0.2) is 0 Å². The van der Waals surface area contributed by atoms with Crippen LogP contribution in [0.4, 0.5) is 8.78 Å². The van der Waals surface area contributed by atoms with Crippen LogP contribution in [0.5, 0.6) is 0 Å². The molecule has 0 spiro atoms. The quantitative estimate of drug-likeness (QED) is 0.535. The Balaban J connectivity index is 1.82. The second-order valence-corrected chi connectivity index (χ2v) is 6.71. The maximum atomic E-state index is 13.2. The Morgan fingerprint density at radius 1 is 0.840 bits per heavy atom. The van der Waals surface area contributed by atoms with Crippen LogP contribution in [-0.2, 0) is 0 Å². The van der Waals surface area contributed by atoms with Crippen LogP contribution in [0.1, 0.15) is 36.8 Å². The number of halogens is 2. The second-order valence-electron chi connectivity index (χ2n) is 6.71. The van der Waals surface area contributed by atoms with Gasteiger partial charge in [-0.15, -0.1) is 0 Å². The molecule has 1 aliphatic heterocycles. The summed E-state index contributed by atoms with van der Waals surface area (Å²) in [5.41, 5.74) is 2.64. The molecule has 0 N–H and O–H groups in total. The summed E-state index contributed by atoms with van der Waals surface area (Å²) in [6.07, 6.45) is 5.81. The average molecular weight is 343 g/mol. The van der Waals surface area contributed by atoms with Gasteiger partial charge in [0.2, 0.25) is 0 Å². The number of rotatable bonds is 5. The van der Waals surface area contributed by atoms with Crippen LogP contribution < -0.4 is 0 Å². The van der Waals surface area contributed by atoms with Gasteiger partial charge in [0.25, 0.3) is 0 Å². The van der Waals surface area contributed by atoms with Crippen molar-refractivity contribution in [3.05, 3.63) is 82.6 Å². The summed E-state index contributed by atoms with van der Waals surface area (Å²) in [6.45, 7) is 1.93. The van der Waals surface area contributed by atoms with E-state index in [4.69, 9.17) is 0 Å². The summed E-state index contributed by atoms with van der Waals surface area (Å²) in [4.78, 5) is 0. The number of hydrogen-bond acceptors (Lipinski definition) is 1. The molecule has 0 aliphatic carbocycles. The monoisotopic (exact) mass is 343 g/mol. The summed E-state index contributed by atoms with van der Waals surface area (Å²) in [5, 5.41) is 12.7. The third kappa shape index (κ3) is 4.74. The molecule has 0 radical (unpaired) electrons. The van der Waals surface area contributed by atoms with Crippen molar-refractivity contribution in [1.29, 1.82) is 0 Å².